The third-order valence-electron chi connectivity index (χ3n) is 3.16. The molecule has 2 unspecified atom stereocenters. The van der Waals surface area contributed by atoms with Crippen LogP contribution < -0.4 is 16.0 Å². The molecule has 0 saturated carbocycles. The average Bonchev–Trinajstić information content (AvgIpc) is 2.40. The van der Waals surface area contributed by atoms with Gasteiger partial charge in [-0.15, -0.1) is 0 Å². The van der Waals surface area contributed by atoms with E-state index in [-0.39, 0.29) is 11.9 Å². The highest BCUT2D eigenvalue weighted by molar-refractivity contribution is 5.96. The van der Waals surface area contributed by atoms with Gasteiger partial charge in [-0.2, -0.15) is 0 Å². The van der Waals surface area contributed by atoms with Crippen LogP contribution in [-0.4, -0.2) is 43.8 Å². The zero-order chi connectivity index (χ0) is 14.1. The standard InChI is InChI=1S/C13H25N3O3/c1-3-14-13(18)16-12(17)10(2)15-8-7-11-6-4-5-9-19-11/h10-11,15H,3-9H2,1-2H3,(H2,14,16,17,18). The Morgan fingerprint density at radius 1 is 1.37 bits per heavy atom. The van der Waals surface area contributed by atoms with Crippen LogP contribution >= 0.6 is 0 Å². The normalized spacial score (nSPS) is 20.6. The highest BCUT2D eigenvalue weighted by Crippen LogP contribution is 2.14. The van der Waals surface area contributed by atoms with Crippen molar-refractivity contribution in [2.75, 3.05) is 19.7 Å². The lowest BCUT2D eigenvalue weighted by molar-refractivity contribution is -0.121. The molecule has 3 amide bonds. The molecule has 0 radical (unpaired) electrons. The van der Waals surface area contributed by atoms with E-state index in [0.29, 0.717) is 19.2 Å². The summed E-state index contributed by atoms with van der Waals surface area (Å²) >= 11 is 0. The first-order valence-electron chi connectivity index (χ1n) is 7.07. The van der Waals surface area contributed by atoms with Gasteiger partial charge in [-0.3, -0.25) is 10.1 Å². The van der Waals surface area contributed by atoms with Crippen LogP contribution in [0.15, 0.2) is 0 Å². The minimum Gasteiger partial charge on any atom is -0.378 e. The van der Waals surface area contributed by atoms with Crippen molar-refractivity contribution in [1.82, 2.24) is 16.0 Å². The van der Waals surface area contributed by atoms with Crippen molar-refractivity contribution in [3.63, 3.8) is 0 Å². The predicted molar refractivity (Wildman–Crippen MR) is 72.9 cm³/mol. The topological polar surface area (TPSA) is 79.5 Å². The molecule has 1 rings (SSSR count). The predicted octanol–water partition coefficient (Wildman–Crippen LogP) is 0.769. The van der Waals surface area contributed by atoms with Gasteiger partial charge in [0.05, 0.1) is 12.1 Å². The Hall–Kier alpha value is -1.14. The molecule has 1 saturated heterocycles. The van der Waals surface area contributed by atoms with Crippen LogP contribution in [0.5, 0.6) is 0 Å². The third kappa shape index (κ3) is 6.54. The monoisotopic (exact) mass is 271 g/mol. The third-order valence-corrected chi connectivity index (χ3v) is 3.16. The lowest BCUT2D eigenvalue weighted by atomic mass is 10.1. The Balaban J connectivity index is 2.13. The van der Waals surface area contributed by atoms with Crippen LogP contribution in [-0.2, 0) is 9.53 Å². The van der Waals surface area contributed by atoms with Crippen molar-refractivity contribution in [2.45, 2.75) is 51.7 Å². The fourth-order valence-electron chi connectivity index (χ4n) is 2.01. The van der Waals surface area contributed by atoms with Crippen molar-refractivity contribution >= 4 is 11.9 Å². The smallest absolute Gasteiger partial charge is 0.321 e. The molecule has 0 spiro atoms. The van der Waals surface area contributed by atoms with Crippen molar-refractivity contribution in [1.29, 1.82) is 0 Å². The molecular formula is C13H25N3O3. The van der Waals surface area contributed by atoms with Gasteiger partial charge in [0.1, 0.15) is 0 Å². The van der Waals surface area contributed by atoms with Crippen LogP contribution in [0.4, 0.5) is 4.79 Å². The maximum absolute atomic E-state index is 11.6. The molecule has 110 valence electrons. The SMILES string of the molecule is CCNC(=O)NC(=O)C(C)NCCC1CCCCO1. The molecule has 3 N–H and O–H groups in total. The largest absolute Gasteiger partial charge is 0.378 e. The maximum atomic E-state index is 11.6. The van der Waals surface area contributed by atoms with E-state index in [1.807, 2.05) is 0 Å². The van der Waals surface area contributed by atoms with Gasteiger partial charge >= 0.3 is 6.03 Å². The number of carbonyl (C=O) groups excluding carboxylic acids is 2. The van der Waals surface area contributed by atoms with Crippen molar-refractivity contribution in [3.8, 4) is 0 Å². The van der Waals surface area contributed by atoms with Gasteiger partial charge < -0.3 is 15.4 Å². The molecule has 1 heterocycles. The second-order valence-electron chi connectivity index (χ2n) is 4.80. The Kier molecular flexibility index (Phi) is 7.43. The average molecular weight is 271 g/mol. The Bertz CT molecular complexity index is 291. The second kappa shape index (κ2) is 8.87. The van der Waals surface area contributed by atoms with E-state index in [2.05, 4.69) is 16.0 Å². The van der Waals surface area contributed by atoms with Crippen molar-refractivity contribution in [3.05, 3.63) is 0 Å². The minimum atomic E-state index is -0.447. The Morgan fingerprint density at radius 2 is 2.16 bits per heavy atom. The molecule has 1 fully saturated rings. The fraction of sp³-hybridized carbons (Fsp3) is 0.846. The van der Waals surface area contributed by atoms with Gasteiger partial charge in [-0.25, -0.2) is 4.79 Å². The van der Waals surface area contributed by atoms with Gasteiger partial charge in [0.2, 0.25) is 5.91 Å². The summed E-state index contributed by atoms with van der Waals surface area (Å²) in [6.45, 7) is 5.61. The van der Waals surface area contributed by atoms with Gasteiger partial charge in [0.15, 0.2) is 0 Å². The number of rotatable bonds is 6. The number of amides is 3. The molecule has 1 aliphatic heterocycles. The quantitative estimate of drug-likeness (QED) is 0.666. The van der Waals surface area contributed by atoms with E-state index >= 15 is 0 Å². The zero-order valence-electron chi connectivity index (χ0n) is 11.8. The molecule has 0 aromatic heterocycles. The molecule has 6 nitrogen and oxygen atoms in total. The highest BCUT2D eigenvalue weighted by Gasteiger charge is 2.17. The van der Waals surface area contributed by atoms with Gasteiger partial charge in [-0.1, -0.05) is 0 Å². The zero-order valence-corrected chi connectivity index (χ0v) is 11.8. The second-order valence-corrected chi connectivity index (χ2v) is 4.80. The van der Waals surface area contributed by atoms with E-state index in [4.69, 9.17) is 4.74 Å². The summed E-state index contributed by atoms with van der Waals surface area (Å²) < 4.78 is 5.61. The fourth-order valence-corrected chi connectivity index (χ4v) is 2.01. The van der Waals surface area contributed by atoms with E-state index in [0.717, 1.165) is 25.9 Å². The lowest BCUT2D eigenvalue weighted by Crippen LogP contribution is -2.48. The highest BCUT2D eigenvalue weighted by atomic mass is 16.5. The molecule has 0 aliphatic carbocycles. The summed E-state index contributed by atoms with van der Waals surface area (Å²) in [7, 11) is 0. The number of imide groups is 1. The Morgan fingerprint density at radius 3 is 2.79 bits per heavy atom. The first-order chi connectivity index (χ1) is 9.13. The Labute approximate surface area is 114 Å². The summed E-state index contributed by atoms with van der Waals surface area (Å²) in [6.07, 6.45) is 4.67. The van der Waals surface area contributed by atoms with Gasteiger partial charge in [0, 0.05) is 13.2 Å². The van der Waals surface area contributed by atoms with Gasteiger partial charge in [0.25, 0.3) is 0 Å². The summed E-state index contributed by atoms with van der Waals surface area (Å²) in [5, 5.41) is 7.91. The van der Waals surface area contributed by atoms with Crippen molar-refractivity contribution < 1.29 is 14.3 Å². The summed E-state index contributed by atoms with van der Waals surface area (Å²) in [5.74, 6) is -0.310. The minimum absolute atomic E-state index is 0.305. The molecule has 19 heavy (non-hydrogen) atoms. The first-order valence-corrected chi connectivity index (χ1v) is 7.07. The van der Waals surface area contributed by atoms with E-state index in [9.17, 15) is 9.59 Å². The van der Waals surface area contributed by atoms with Crippen LogP contribution in [0, 0.1) is 0 Å². The molecule has 0 bridgehead atoms. The number of carbonyl (C=O) groups is 2. The maximum Gasteiger partial charge on any atom is 0.321 e. The first kappa shape index (κ1) is 15.9. The summed E-state index contributed by atoms with van der Waals surface area (Å²) in [4.78, 5) is 22.8. The van der Waals surface area contributed by atoms with Crippen LogP contribution in [0.25, 0.3) is 0 Å². The van der Waals surface area contributed by atoms with E-state index in [1.165, 1.54) is 6.42 Å². The molecular weight excluding hydrogens is 246 g/mol. The van der Waals surface area contributed by atoms with E-state index in [1.54, 1.807) is 13.8 Å². The molecule has 6 heteroatoms. The van der Waals surface area contributed by atoms with Crippen LogP contribution in [0.1, 0.15) is 39.5 Å². The number of urea groups is 1. The number of hydrogen-bond donors (Lipinski definition) is 3. The number of ether oxygens (including phenoxy) is 1. The van der Waals surface area contributed by atoms with Crippen LogP contribution in [0.3, 0.4) is 0 Å². The molecule has 0 aromatic carbocycles. The summed E-state index contributed by atoms with van der Waals surface area (Å²) in [5.41, 5.74) is 0. The number of nitrogens with one attached hydrogen (secondary N) is 3. The molecule has 2 atom stereocenters. The molecule has 1 aliphatic rings. The summed E-state index contributed by atoms with van der Waals surface area (Å²) in [6, 6.07) is -0.831. The molecule has 0 aromatic rings. The lowest BCUT2D eigenvalue weighted by Gasteiger charge is -2.23. The van der Waals surface area contributed by atoms with E-state index < -0.39 is 6.03 Å². The van der Waals surface area contributed by atoms with Gasteiger partial charge in [-0.05, 0) is 46.1 Å². The number of hydrogen-bond acceptors (Lipinski definition) is 4. The van der Waals surface area contributed by atoms with Crippen LogP contribution in [0.2, 0.25) is 0 Å². The van der Waals surface area contributed by atoms with Crippen molar-refractivity contribution in [2.24, 2.45) is 0 Å².